The Hall–Kier alpha value is -1.73. The predicted molar refractivity (Wildman–Crippen MR) is 62.9 cm³/mol. The molecule has 0 amide bonds. The molecule has 0 aromatic carbocycles. The summed E-state index contributed by atoms with van der Waals surface area (Å²) < 4.78 is 7.19. The smallest absolute Gasteiger partial charge is 0.354 e. The summed E-state index contributed by atoms with van der Waals surface area (Å²) in [4.78, 5) is 27.0. The molecule has 2 unspecified atom stereocenters. The van der Waals surface area contributed by atoms with Crippen LogP contribution in [0.15, 0.2) is 10.9 Å². The number of aromatic nitrogens is 2. The van der Waals surface area contributed by atoms with Gasteiger partial charge in [-0.2, -0.15) is 0 Å². The van der Waals surface area contributed by atoms with E-state index in [0.717, 1.165) is 6.07 Å². The van der Waals surface area contributed by atoms with Crippen molar-refractivity contribution in [3.63, 3.8) is 0 Å². The topological polar surface area (TPSA) is 102 Å². The summed E-state index contributed by atoms with van der Waals surface area (Å²) >= 11 is 0. The minimum atomic E-state index is -1.24. The number of carboxylic acids is 1. The van der Waals surface area contributed by atoms with Gasteiger partial charge < -0.3 is 14.9 Å². The molecule has 19 heavy (non-hydrogen) atoms. The molecule has 2 N–H and O–H groups in total. The molecule has 2 heterocycles. The zero-order valence-electron chi connectivity index (χ0n) is 10.2. The predicted octanol–water partition coefficient (Wildman–Crippen LogP) is -0.288. The molecule has 0 radical (unpaired) electrons. The van der Waals surface area contributed by atoms with Gasteiger partial charge in [-0.1, -0.05) is 0 Å². The number of aliphatic hydroxyl groups excluding tert-OH is 1. The number of aromatic carboxylic acids is 1. The highest BCUT2D eigenvalue weighted by Crippen LogP contribution is 2.42. The molecule has 1 aliphatic heterocycles. The van der Waals surface area contributed by atoms with Crippen LogP contribution in [0.25, 0.3) is 0 Å². The molecule has 2 aliphatic rings. The van der Waals surface area contributed by atoms with Gasteiger partial charge in [0.2, 0.25) is 0 Å². The maximum atomic E-state index is 12.0. The van der Waals surface area contributed by atoms with Gasteiger partial charge in [-0.15, -0.1) is 0 Å². The zero-order chi connectivity index (χ0) is 13.6. The number of hydrogen-bond donors (Lipinski definition) is 2. The van der Waals surface area contributed by atoms with Gasteiger partial charge in [-0.3, -0.25) is 9.36 Å². The van der Waals surface area contributed by atoms with Crippen molar-refractivity contribution < 1.29 is 19.7 Å². The van der Waals surface area contributed by atoms with Crippen molar-refractivity contribution in [2.24, 2.45) is 0 Å². The SMILES string of the molecule is O=C(O)c1cc(=O)n2c(n1)C1(CCC(O)C1)OCC2. The number of ether oxygens (including phenoxy) is 1. The summed E-state index contributed by atoms with van der Waals surface area (Å²) in [5.41, 5.74) is -1.48. The fraction of sp³-hybridized carbons (Fsp3) is 0.583. The molecule has 1 fully saturated rings. The molecule has 1 spiro atoms. The Balaban J connectivity index is 2.18. The molecule has 1 saturated carbocycles. The van der Waals surface area contributed by atoms with E-state index >= 15 is 0 Å². The van der Waals surface area contributed by atoms with Gasteiger partial charge in [0.1, 0.15) is 11.4 Å². The van der Waals surface area contributed by atoms with Crippen molar-refractivity contribution in [3.8, 4) is 0 Å². The van der Waals surface area contributed by atoms with E-state index in [1.54, 1.807) is 0 Å². The molecule has 0 bridgehead atoms. The Kier molecular flexibility index (Phi) is 2.68. The van der Waals surface area contributed by atoms with Crippen molar-refractivity contribution in [3.05, 3.63) is 27.9 Å². The zero-order valence-corrected chi connectivity index (χ0v) is 10.2. The first-order valence-corrected chi connectivity index (χ1v) is 6.19. The first-order chi connectivity index (χ1) is 9.02. The molecule has 7 heteroatoms. The van der Waals surface area contributed by atoms with Crippen LogP contribution in [0.3, 0.4) is 0 Å². The number of aliphatic hydroxyl groups is 1. The van der Waals surface area contributed by atoms with Crippen LogP contribution in [0.1, 0.15) is 35.6 Å². The van der Waals surface area contributed by atoms with E-state index in [0.29, 0.717) is 38.2 Å². The molecular formula is C12H14N2O5. The Morgan fingerprint density at radius 2 is 2.37 bits per heavy atom. The lowest BCUT2D eigenvalue weighted by molar-refractivity contribution is -0.0847. The summed E-state index contributed by atoms with van der Waals surface area (Å²) in [5, 5.41) is 18.7. The molecule has 102 valence electrons. The Morgan fingerprint density at radius 1 is 1.58 bits per heavy atom. The van der Waals surface area contributed by atoms with E-state index in [1.165, 1.54) is 4.57 Å². The quantitative estimate of drug-likeness (QED) is 0.724. The Bertz CT molecular complexity index is 596. The highest BCUT2D eigenvalue weighted by molar-refractivity contribution is 5.85. The van der Waals surface area contributed by atoms with E-state index in [2.05, 4.69) is 4.98 Å². The van der Waals surface area contributed by atoms with E-state index in [-0.39, 0.29) is 11.3 Å². The van der Waals surface area contributed by atoms with Crippen LogP contribution >= 0.6 is 0 Å². The van der Waals surface area contributed by atoms with Crippen molar-refractivity contribution in [2.75, 3.05) is 6.61 Å². The van der Waals surface area contributed by atoms with Gasteiger partial charge in [-0.25, -0.2) is 9.78 Å². The molecule has 3 rings (SSSR count). The first kappa shape index (κ1) is 12.3. The van der Waals surface area contributed by atoms with Crippen molar-refractivity contribution >= 4 is 5.97 Å². The van der Waals surface area contributed by atoms with Crippen molar-refractivity contribution in [1.29, 1.82) is 0 Å². The van der Waals surface area contributed by atoms with Crippen LogP contribution < -0.4 is 5.56 Å². The second-order valence-electron chi connectivity index (χ2n) is 5.00. The van der Waals surface area contributed by atoms with Crippen molar-refractivity contribution in [1.82, 2.24) is 9.55 Å². The number of fused-ring (bicyclic) bond motifs is 2. The monoisotopic (exact) mass is 266 g/mol. The molecular weight excluding hydrogens is 252 g/mol. The van der Waals surface area contributed by atoms with E-state index in [4.69, 9.17) is 9.84 Å². The fourth-order valence-electron chi connectivity index (χ4n) is 2.90. The summed E-state index contributed by atoms with van der Waals surface area (Å²) in [6.07, 6.45) is 0.955. The van der Waals surface area contributed by atoms with Crippen LogP contribution in [0, 0.1) is 0 Å². The molecule has 1 aromatic rings. The number of rotatable bonds is 1. The highest BCUT2D eigenvalue weighted by Gasteiger charge is 2.46. The van der Waals surface area contributed by atoms with E-state index < -0.39 is 17.7 Å². The third-order valence-electron chi connectivity index (χ3n) is 3.77. The number of hydrogen-bond acceptors (Lipinski definition) is 5. The fourth-order valence-corrected chi connectivity index (χ4v) is 2.90. The number of carbonyl (C=O) groups is 1. The van der Waals surface area contributed by atoms with Crippen LogP contribution in [-0.4, -0.2) is 38.4 Å². The van der Waals surface area contributed by atoms with Gasteiger partial charge >= 0.3 is 5.97 Å². The lowest BCUT2D eigenvalue weighted by Crippen LogP contribution is -2.43. The molecule has 1 aromatic heterocycles. The second-order valence-corrected chi connectivity index (χ2v) is 5.00. The lowest BCUT2D eigenvalue weighted by Gasteiger charge is -2.35. The van der Waals surface area contributed by atoms with Crippen LogP contribution in [0.5, 0.6) is 0 Å². The lowest BCUT2D eigenvalue weighted by atomic mass is 9.98. The van der Waals surface area contributed by atoms with E-state index in [1.807, 2.05) is 0 Å². The minimum absolute atomic E-state index is 0.275. The van der Waals surface area contributed by atoms with Gasteiger partial charge in [0.05, 0.1) is 19.3 Å². The molecule has 7 nitrogen and oxygen atoms in total. The number of nitrogens with zero attached hydrogens (tertiary/aromatic N) is 2. The summed E-state index contributed by atoms with van der Waals surface area (Å²) in [6.45, 7) is 0.729. The van der Waals surface area contributed by atoms with Crippen LogP contribution in [0.4, 0.5) is 0 Å². The van der Waals surface area contributed by atoms with Crippen LogP contribution in [0.2, 0.25) is 0 Å². The molecule has 0 saturated heterocycles. The molecule has 2 atom stereocenters. The second kappa shape index (κ2) is 4.14. The minimum Gasteiger partial charge on any atom is -0.477 e. The summed E-state index contributed by atoms with van der Waals surface area (Å²) in [5.74, 6) is -0.903. The normalized spacial score (nSPS) is 29.4. The average Bonchev–Trinajstić information content (AvgIpc) is 2.72. The first-order valence-electron chi connectivity index (χ1n) is 6.19. The maximum absolute atomic E-state index is 12.0. The standard InChI is InChI=1S/C12H14N2O5/c15-7-1-2-12(6-7)11-13-8(10(17)18)5-9(16)14(11)3-4-19-12/h5,7,15H,1-4,6H2,(H,17,18). The van der Waals surface area contributed by atoms with Gasteiger partial charge in [0.25, 0.3) is 5.56 Å². The van der Waals surface area contributed by atoms with Gasteiger partial charge in [0, 0.05) is 12.5 Å². The Morgan fingerprint density at radius 3 is 3.00 bits per heavy atom. The largest absolute Gasteiger partial charge is 0.477 e. The third kappa shape index (κ3) is 1.85. The number of carboxylic acid groups (broad SMARTS) is 1. The average molecular weight is 266 g/mol. The maximum Gasteiger partial charge on any atom is 0.354 e. The van der Waals surface area contributed by atoms with Crippen molar-refractivity contribution in [2.45, 2.75) is 37.5 Å². The Labute approximate surface area is 108 Å². The van der Waals surface area contributed by atoms with E-state index in [9.17, 15) is 14.7 Å². The molecule has 1 aliphatic carbocycles. The van der Waals surface area contributed by atoms with Gasteiger partial charge in [0.15, 0.2) is 5.69 Å². The highest BCUT2D eigenvalue weighted by atomic mass is 16.5. The summed E-state index contributed by atoms with van der Waals surface area (Å²) in [7, 11) is 0. The third-order valence-corrected chi connectivity index (χ3v) is 3.77. The van der Waals surface area contributed by atoms with Gasteiger partial charge in [-0.05, 0) is 12.8 Å². The van der Waals surface area contributed by atoms with Crippen LogP contribution in [-0.2, 0) is 16.9 Å². The summed E-state index contributed by atoms with van der Waals surface area (Å²) in [6, 6.07) is 1.02.